The molecule has 1 fully saturated rings. The molecule has 106 valence electrons. The molecule has 1 aromatic heterocycles. The van der Waals surface area contributed by atoms with Gasteiger partial charge in [0, 0.05) is 18.3 Å². The van der Waals surface area contributed by atoms with Crippen LogP contribution < -0.4 is 4.90 Å². The second-order valence-electron chi connectivity index (χ2n) is 5.21. The monoisotopic (exact) mass is 284 g/mol. The molecule has 0 N–H and O–H groups in total. The molecule has 2 rings (SSSR count). The number of anilines is 1. The SMILES string of the molecule is COC(=O)CCc1csc(N2CCOCC2(C)C)n1. The second-order valence-corrected chi connectivity index (χ2v) is 6.05. The molecule has 0 aromatic carbocycles. The molecule has 1 aliphatic heterocycles. The molecule has 0 amide bonds. The van der Waals surface area contributed by atoms with Crippen molar-refractivity contribution in [2.24, 2.45) is 0 Å². The van der Waals surface area contributed by atoms with Crippen molar-refractivity contribution in [2.75, 3.05) is 31.8 Å². The summed E-state index contributed by atoms with van der Waals surface area (Å²) in [5, 5.41) is 3.03. The average molecular weight is 284 g/mol. The lowest BCUT2D eigenvalue weighted by atomic mass is 10.0. The normalized spacial score (nSPS) is 18.4. The molecule has 19 heavy (non-hydrogen) atoms. The fraction of sp³-hybridized carbons (Fsp3) is 0.692. The Kier molecular flexibility index (Phi) is 4.42. The van der Waals surface area contributed by atoms with E-state index in [0.717, 1.165) is 24.0 Å². The quantitative estimate of drug-likeness (QED) is 0.790. The summed E-state index contributed by atoms with van der Waals surface area (Å²) < 4.78 is 10.1. The Morgan fingerprint density at radius 3 is 3.11 bits per heavy atom. The predicted molar refractivity (Wildman–Crippen MR) is 74.7 cm³/mol. The van der Waals surface area contributed by atoms with E-state index in [-0.39, 0.29) is 11.5 Å². The second kappa shape index (κ2) is 5.88. The van der Waals surface area contributed by atoms with Crippen molar-refractivity contribution in [1.82, 2.24) is 4.98 Å². The predicted octanol–water partition coefficient (Wildman–Crippen LogP) is 1.86. The van der Waals surface area contributed by atoms with Crippen LogP contribution in [0.3, 0.4) is 0 Å². The number of carbonyl (C=O) groups is 1. The minimum Gasteiger partial charge on any atom is -0.469 e. The number of hydrogen-bond acceptors (Lipinski definition) is 6. The number of ether oxygens (including phenoxy) is 2. The highest BCUT2D eigenvalue weighted by Crippen LogP contribution is 2.29. The third-order valence-electron chi connectivity index (χ3n) is 3.23. The molecule has 0 spiro atoms. The average Bonchev–Trinajstić information content (AvgIpc) is 2.83. The van der Waals surface area contributed by atoms with Crippen LogP contribution in [0.5, 0.6) is 0 Å². The van der Waals surface area contributed by atoms with Crippen LogP contribution in [-0.2, 0) is 20.7 Å². The van der Waals surface area contributed by atoms with E-state index in [2.05, 4.69) is 28.5 Å². The first-order chi connectivity index (χ1) is 9.03. The summed E-state index contributed by atoms with van der Waals surface area (Å²) in [6.07, 6.45) is 1.01. The molecule has 0 aliphatic carbocycles. The molecule has 2 heterocycles. The minimum absolute atomic E-state index is 0.0320. The Bertz CT molecular complexity index is 445. The maximum atomic E-state index is 11.1. The summed E-state index contributed by atoms with van der Waals surface area (Å²) in [5.74, 6) is -0.193. The zero-order chi connectivity index (χ0) is 13.9. The van der Waals surface area contributed by atoms with Crippen molar-refractivity contribution < 1.29 is 14.3 Å². The lowest BCUT2D eigenvalue weighted by Crippen LogP contribution is -2.53. The van der Waals surface area contributed by atoms with E-state index in [4.69, 9.17) is 4.74 Å². The van der Waals surface area contributed by atoms with Crippen molar-refractivity contribution in [2.45, 2.75) is 32.2 Å². The first-order valence-electron chi connectivity index (χ1n) is 6.39. The summed E-state index contributed by atoms with van der Waals surface area (Å²) in [6, 6.07) is 0. The molecular formula is C13H20N2O3S. The van der Waals surface area contributed by atoms with E-state index in [1.165, 1.54) is 7.11 Å². The van der Waals surface area contributed by atoms with Crippen LogP contribution in [0.2, 0.25) is 0 Å². The molecule has 6 heteroatoms. The minimum atomic E-state index is -0.193. The summed E-state index contributed by atoms with van der Waals surface area (Å²) in [7, 11) is 1.41. The number of thiazole rings is 1. The van der Waals surface area contributed by atoms with Crippen LogP contribution in [0.4, 0.5) is 5.13 Å². The van der Waals surface area contributed by atoms with E-state index < -0.39 is 0 Å². The number of esters is 1. The Hall–Kier alpha value is -1.14. The van der Waals surface area contributed by atoms with Crippen molar-refractivity contribution >= 4 is 22.4 Å². The zero-order valence-corrected chi connectivity index (χ0v) is 12.5. The van der Waals surface area contributed by atoms with Crippen LogP contribution in [0.1, 0.15) is 26.0 Å². The van der Waals surface area contributed by atoms with Gasteiger partial charge in [-0.3, -0.25) is 4.79 Å². The summed E-state index contributed by atoms with van der Waals surface area (Å²) in [5.41, 5.74) is 0.920. The largest absolute Gasteiger partial charge is 0.469 e. The third-order valence-corrected chi connectivity index (χ3v) is 4.14. The summed E-state index contributed by atoms with van der Waals surface area (Å²) in [4.78, 5) is 18.0. The molecule has 0 unspecified atom stereocenters. The summed E-state index contributed by atoms with van der Waals surface area (Å²) >= 11 is 1.62. The van der Waals surface area contributed by atoms with E-state index in [0.29, 0.717) is 19.4 Å². The van der Waals surface area contributed by atoms with E-state index in [9.17, 15) is 4.79 Å². The zero-order valence-electron chi connectivity index (χ0n) is 11.6. The van der Waals surface area contributed by atoms with Gasteiger partial charge in [-0.25, -0.2) is 4.98 Å². The molecule has 1 aromatic rings. The highest BCUT2D eigenvalue weighted by atomic mass is 32.1. The number of methoxy groups -OCH3 is 1. The first kappa shape index (κ1) is 14.3. The van der Waals surface area contributed by atoms with Crippen LogP contribution in [0.15, 0.2) is 5.38 Å². The molecule has 1 aliphatic rings. The van der Waals surface area contributed by atoms with E-state index >= 15 is 0 Å². The van der Waals surface area contributed by atoms with Gasteiger partial charge in [-0.05, 0) is 13.8 Å². The maximum absolute atomic E-state index is 11.1. The van der Waals surface area contributed by atoms with Gasteiger partial charge in [-0.2, -0.15) is 0 Å². The Balaban J connectivity index is 2.01. The fourth-order valence-corrected chi connectivity index (χ4v) is 3.13. The lowest BCUT2D eigenvalue weighted by Gasteiger charge is -2.42. The van der Waals surface area contributed by atoms with Crippen molar-refractivity contribution in [3.05, 3.63) is 11.1 Å². The summed E-state index contributed by atoms with van der Waals surface area (Å²) in [6.45, 7) is 6.62. The smallest absolute Gasteiger partial charge is 0.305 e. The number of carbonyl (C=O) groups excluding carboxylic acids is 1. The highest BCUT2D eigenvalue weighted by Gasteiger charge is 2.32. The van der Waals surface area contributed by atoms with Gasteiger partial charge in [0.25, 0.3) is 0 Å². The van der Waals surface area contributed by atoms with Gasteiger partial charge in [-0.1, -0.05) is 0 Å². The molecular weight excluding hydrogens is 264 g/mol. The van der Waals surface area contributed by atoms with Crippen molar-refractivity contribution in [3.63, 3.8) is 0 Å². The van der Waals surface area contributed by atoms with Gasteiger partial charge >= 0.3 is 5.97 Å². The van der Waals surface area contributed by atoms with Crippen LogP contribution in [0, 0.1) is 0 Å². The fourth-order valence-electron chi connectivity index (χ4n) is 2.08. The van der Waals surface area contributed by atoms with Gasteiger partial charge in [0.2, 0.25) is 0 Å². The topological polar surface area (TPSA) is 51.7 Å². The molecule has 0 radical (unpaired) electrons. The number of aryl methyl sites for hydroxylation is 1. The highest BCUT2D eigenvalue weighted by molar-refractivity contribution is 7.13. The molecule has 5 nitrogen and oxygen atoms in total. The van der Waals surface area contributed by atoms with Gasteiger partial charge < -0.3 is 14.4 Å². The number of rotatable bonds is 4. The third kappa shape index (κ3) is 3.45. The maximum Gasteiger partial charge on any atom is 0.305 e. The Labute approximate surface area is 117 Å². The van der Waals surface area contributed by atoms with Crippen LogP contribution in [0.25, 0.3) is 0 Å². The number of hydrogen-bond donors (Lipinski definition) is 0. The lowest BCUT2D eigenvalue weighted by molar-refractivity contribution is -0.140. The molecule has 1 saturated heterocycles. The first-order valence-corrected chi connectivity index (χ1v) is 7.27. The van der Waals surface area contributed by atoms with E-state index in [1.807, 2.05) is 5.38 Å². The Morgan fingerprint density at radius 2 is 2.42 bits per heavy atom. The van der Waals surface area contributed by atoms with Crippen LogP contribution in [-0.4, -0.2) is 43.4 Å². The number of aromatic nitrogens is 1. The molecule has 0 atom stereocenters. The van der Waals surface area contributed by atoms with Crippen LogP contribution >= 0.6 is 11.3 Å². The number of morpholine rings is 1. The van der Waals surface area contributed by atoms with Crippen molar-refractivity contribution in [3.8, 4) is 0 Å². The Morgan fingerprint density at radius 1 is 1.63 bits per heavy atom. The van der Waals surface area contributed by atoms with Crippen molar-refractivity contribution in [1.29, 1.82) is 0 Å². The molecule has 0 saturated carbocycles. The van der Waals surface area contributed by atoms with Gasteiger partial charge in [0.05, 0.1) is 38.0 Å². The van der Waals surface area contributed by atoms with Gasteiger partial charge in [0.15, 0.2) is 5.13 Å². The standard InChI is InChI=1S/C13H20N2O3S/c1-13(2)9-18-7-6-15(13)12-14-10(8-19-12)4-5-11(16)17-3/h8H,4-7,9H2,1-3H3. The van der Waals surface area contributed by atoms with Gasteiger partial charge in [-0.15, -0.1) is 11.3 Å². The van der Waals surface area contributed by atoms with E-state index in [1.54, 1.807) is 11.3 Å². The van der Waals surface area contributed by atoms with Gasteiger partial charge in [0.1, 0.15) is 0 Å². The molecule has 0 bridgehead atoms. The number of nitrogens with zero attached hydrogens (tertiary/aromatic N) is 2.